The second-order valence-corrected chi connectivity index (χ2v) is 2.80. The molecule has 2 rings (SSSR count). The maximum absolute atomic E-state index is 5.39. The van der Waals surface area contributed by atoms with E-state index in [1.165, 1.54) is 0 Å². The van der Waals surface area contributed by atoms with Gasteiger partial charge in [-0.3, -0.25) is 0 Å². The fraction of sp³-hybridized carbons (Fsp3) is 0.182. The average Bonchev–Trinajstić information content (AvgIpc) is 2.31. The minimum Gasteiger partial charge on any atom is -0.477 e. The van der Waals surface area contributed by atoms with Crippen LogP contribution in [0.3, 0.4) is 0 Å². The van der Waals surface area contributed by atoms with Gasteiger partial charge < -0.3 is 4.74 Å². The summed E-state index contributed by atoms with van der Waals surface area (Å²) in [5.74, 6) is 1.16. The minimum absolute atomic E-state index is 0.561. The highest BCUT2D eigenvalue weighted by Gasteiger charge is 2.08. The van der Waals surface area contributed by atoms with E-state index in [0.717, 1.165) is 5.56 Å². The molecule has 2 aromatic heterocycles. The number of aromatic nitrogens is 3. The van der Waals surface area contributed by atoms with Gasteiger partial charge in [0.1, 0.15) is 0 Å². The van der Waals surface area contributed by atoms with Gasteiger partial charge in [0, 0.05) is 24.7 Å². The topological polar surface area (TPSA) is 47.9 Å². The molecule has 0 aliphatic carbocycles. The molecule has 0 aromatic carbocycles. The van der Waals surface area contributed by atoms with Gasteiger partial charge in [0.2, 0.25) is 5.88 Å². The Labute approximate surface area is 88.0 Å². The molecule has 0 amide bonds. The molecule has 75 valence electrons. The Hall–Kier alpha value is -1.97. The molecule has 15 heavy (non-hydrogen) atoms. The van der Waals surface area contributed by atoms with Crippen molar-refractivity contribution in [2.75, 3.05) is 6.61 Å². The van der Waals surface area contributed by atoms with Crippen molar-refractivity contribution in [2.45, 2.75) is 6.92 Å². The third kappa shape index (κ3) is 2.10. The largest absolute Gasteiger partial charge is 0.477 e. The van der Waals surface area contributed by atoms with Crippen molar-refractivity contribution in [3.63, 3.8) is 0 Å². The average molecular weight is 200 g/mol. The Bertz CT molecular complexity index is 431. The lowest BCUT2D eigenvalue weighted by Gasteiger charge is -2.06. The van der Waals surface area contributed by atoms with Gasteiger partial charge in [-0.25, -0.2) is 15.0 Å². The molecule has 0 saturated heterocycles. The Balaban J connectivity index is 2.43. The van der Waals surface area contributed by atoms with Gasteiger partial charge >= 0.3 is 0 Å². The third-order valence-corrected chi connectivity index (χ3v) is 1.82. The molecular weight excluding hydrogens is 190 g/mol. The normalized spacial score (nSPS) is 9.93. The number of hydrogen-bond donors (Lipinski definition) is 0. The van der Waals surface area contributed by atoms with Crippen LogP contribution in [-0.4, -0.2) is 21.6 Å². The minimum atomic E-state index is 0.561. The highest BCUT2D eigenvalue weighted by molar-refractivity contribution is 5.60. The molecule has 2 heterocycles. The van der Waals surface area contributed by atoms with Crippen LogP contribution in [0.2, 0.25) is 0 Å². The zero-order valence-corrected chi connectivity index (χ0v) is 8.34. The maximum atomic E-state index is 5.39. The lowest BCUT2D eigenvalue weighted by molar-refractivity contribution is 0.328. The number of ether oxygens (including phenoxy) is 1. The summed E-state index contributed by atoms with van der Waals surface area (Å²) in [7, 11) is 0. The van der Waals surface area contributed by atoms with E-state index in [9.17, 15) is 0 Å². The lowest BCUT2D eigenvalue weighted by atomic mass is 10.2. The molecule has 1 radical (unpaired) electrons. The highest BCUT2D eigenvalue weighted by Crippen LogP contribution is 2.23. The van der Waals surface area contributed by atoms with Crippen LogP contribution >= 0.6 is 0 Å². The summed E-state index contributed by atoms with van der Waals surface area (Å²) in [5, 5.41) is 0. The molecule has 2 aromatic rings. The Morgan fingerprint density at radius 2 is 2.07 bits per heavy atom. The van der Waals surface area contributed by atoms with Crippen molar-refractivity contribution < 1.29 is 4.74 Å². The van der Waals surface area contributed by atoms with Gasteiger partial charge in [0.15, 0.2) is 5.82 Å². The van der Waals surface area contributed by atoms with E-state index in [4.69, 9.17) is 4.74 Å². The summed E-state index contributed by atoms with van der Waals surface area (Å²) in [6.45, 7) is 2.49. The van der Waals surface area contributed by atoms with Gasteiger partial charge in [-0.15, -0.1) is 0 Å². The van der Waals surface area contributed by atoms with Crippen molar-refractivity contribution in [3.8, 4) is 17.3 Å². The SMILES string of the molecule is CCOc1ncccc1-c1nc[c]cn1. The summed E-state index contributed by atoms with van der Waals surface area (Å²) in [6.07, 6.45) is 4.83. The molecule has 0 N–H and O–H groups in total. The summed E-state index contributed by atoms with van der Waals surface area (Å²) in [6, 6.07) is 6.48. The second-order valence-electron chi connectivity index (χ2n) is 2.80. The van der Waals surface area contributed by atoms with Crippen LogP contribution in [0.25, 0.3) is 11.4 Å². The molecule has 4 nitrogen and oxygen atoms in total. The van der Waals surface area contributed by atoms with E-state index in [1.54, 1.807) is 18.6 Å². The Morgan fingerprint density at radius 3 is 2.80 bits per heavy atom. The van der Waals surface area contributed by atoms with Crippen molar-refractivity contribution in [1.82, 2.24) is 15.0 Å². The van der Waals surface area contributed by atoms with E-state index in [1.807, 2.05) is 19.1 Å². The van der Waals surface area contributed by atoms with Crippen molar-refractivity contribution >= 4 is 0 Å². The quantitative estimate of drug-likeness (QED) is 0.757. The molecule has 0 aliphatic rings. The smallest absolute Gasteiger partial charge is 0.224 e. The van der Waals surface area contributed by atoms with Crippen molar-refractivity contribution in [1.29, 1.82) is 0 Å². The highest BCUT2D eigenvalue weighted by atomic mass is 16.5. The van der Waals surface area contributed by atoms with Crippen LogP contribution in [0.4, 0.5) is 0 Å². The predicted molar refractivity (Wildman–Crippen MR) is 55.3 cm³/mol. The van der Waals surface area contributed by atoms with Gasteiger partial charge in [0.25, 0.3) is 0 Å². The first kappa shape index (κ1) is 9.58. The molecule has 0 aliphatic heterocycles. The standard InChI is InChI=1S/C11H10N3O/c1-2-15-11-9(5-3-6-14-11)10-12-7-4-8-13-10/h3,5-8H,2H2,1H3. The molecule has 0 saturated carbocycles. The Kier molecular flexibility index (Phi) is 2.88. The lowest BCUT2D eigenvalue weighted by Crippen LogP contribution is -1.98. The first-order valence-electron chi connectivity index (χ1n) is 4.68. The zero-order chi connectivity index (χ0) is 10.5. The number of rotatable bonds is 3. The van der Waals surface area contributed by atoms with Gasteiger partial charge in [0.05, 0.1) is 12.2 Å². The number of nitrogens with zero attached hydrogens (tertiary/aromatic N) is 3. The Morgan fingerprint density at radius 1 is 1.27 bits per heavy atom. The van der Waals surface area contributed by atoms with E-state index >= 15 is 0 Å². The molecule has 0 bridgehead atoms. The molecule has 0 spiro atoms. The van der Waals surface area contributed by atoms with Crippen molar-refractivity contribution in [3.05, 3.63) is 36.8 Å². The van der Waals surface area contributed by atoms with Crippen LogP contribution in [0.1, 0.15) is 6.92 Å². The van der Waals surface area contributed by atoms with E-state index in [-0.39, 0.29) is 0 Å². The van der Waals surface area contributed by atoms with Gasteiger partial charge in [-0.1, -0.05) is 0 Å². The fourth-order valence-electron chi connectivity index (χ4n) is 1.22. The molecular formula is C11H10N3O. The van der Waals surface area contributed by atoms with Crippen molar-refractivity contribution in [2.24, 2.45) is 0 Å². The second kappa shape index (κ2) is 4.50. The van der Waals surface area contributed by atoms with Crippen LogP contribution in [0, 0.1) is 6.07 Å². The van der Waals surface area contributed by atoms with E-state index in [2.05, 4.69) is 21.0 Å². The predicted octanol–water partition coefficient (Wildman–Crippen LogP) is 1.74. The van der Waals surface area contributed by atoms with E-state index in [0.29, 0.717) is 18.3 Å². The maximum Gasteiger partial charge on any atom is 0.224 e. The summed E-state index contributed by atoms with van der Waals surface area (Å²) in [5.41, 5.74) is 0.799. The number of hydrogen-bond acceptors (Lipinski definition) is 4. The third-order valence-electron chi connectivity index (χ3n) is 1.82. The van der Waals surface area contributed by atoms with Crippen LogP contribution in [0.15, 0.2) is 30.7 Å². The van der Waals surface area contributed by atoms with E-state index < -0.39 is 0 Å². The fourth-order valence-corrected chi connectivity index (χ4v) is 1.22. The molecule has 4 heteroatoms. The van der Waals surface area contributed by atoms with Gasteiger partial charge in [-0.05, 0) is 19.1 Å². The van der Waals surface area contributed by atoms with Gasteiger partial charge in [-0.2, -0.15) is 0 Å². The molecule has 0 fully saturated rings. The first-order chi connectivity index (χ1) is 7.42. The summed E-state index contributed by atoms with van der Waals surface area (Å²) < 4.78 is 5.39. The molecule has 0 atom stereocenters. The monoisotopic (exact) mass is 200 g/mol. The number of pyridine rings is 1. The first-order valence-corrected chi connectivity index (χ1v) is 4.68. The van der Waals surface area contributed by atoms with Crippen LogP contribution < -0.4 is 4.74 Å². The summed E-state index contributed by atoms with van der Waals surface area (Å²) >= 11 is 0. The summed E-state index contributed by atoms with van der Waals surface area (Å²) in [4.78, 5) is 12.3. The van der Waals surface area contributed by atoms with Crippen LogP contribution in [0.5, 0.6) is 5.88 Å². The molecule has 0 unspecified atom stereocenters. The van der Waals surface area contributed by atoms with Crippen LogP contribution in [-0.2, 0) is 0 Å². The zero-order valence-electron chi connectivity index (χ0n) is 8.34.